The summed E-state index contributed by atoms with van der Waals surface area (Å²) in [7, 11) is 0. The normalized spacial score (nSPS) is 19.4. The molecule has 14 heavy (non-hydrogen) atoms. The van der Waals surface area contributed by atoms with Gasteiger partial charge in [-0.05, 0) is 12.1 Å². The van der Waals surface area contributed by atoms with Crippen LogP contribution in [0.1, 0.15) is 12.7 Å². The molecule has 0 saturated heterocycles. The molecule has 0 unspecified atom stereocenters. The van der Waals surface area contributed by atoms with Gasteiger partial charge in [-0.3, -0.25) is 0 Å². The molecular weight excluding hydrogens is 196 g/mol. The van der Waals surface area contributed by atoms with E-state index in [0.29, 0.717) is 0 Å². The van der Waals surface area contributed by atoms with E-state index >= 15 is 0 Å². The van der Waals surface area contributed by atoms with Crippen LogP contribution in [-0.2, 0) is 13.0 Å². The first-order chi connectivity index (χ1) is 6.34. The summed E-state index contributed by atoms with van der Waals surface area (Å²) in [6.07, 6.45) is 1.19. The molecule has 1 aromatic heterocycles. The molecule has 1 aliphatic rings. The fourth-order valence-electron chi connectivity index (χ4n) is 2.26. The molecule has 0 spiro atoms. The lowest BCUT2D eigenvalue weighted by Gasteiger charge is -1.94. The van der Waals surface area contributed by atoms with Gasteiger partial charge in [0.1, 0.15) is 0 Å². The molecule has 1 aromatic carbocycles. The molecule has 1 aliphatic heterocycles. The molecule has 2 heterocycles. The van der Waals surface area contributed by atoms with Crippen molar-refractivity contribution in [2.45, 2.75) is 19.9 Å². The molecule has 0 bridgehead atoms. The van der Waals surface area contributed by atoms with Gasteiger partial charge in [-0.1, -0.05) is 19.1 Å². The number of para-hydroxylation sites is 2. The molecule has 1 N–H and O–H groups in total. The Labute approximate surface area is 89.4 Å². The second kappa shape index (κ2) is 3.28. The predicted octanol–water partition coefficient (Wildman–Crippen LogP) is -1.35. The van der Waals surface area contributed by atoms with Crippen LogP contribution in [0.15, 0.2) is 24.3 Å². The van der Waals surface area contributed by atoms with Gasteiger partial charge in [0.25, 0.3) is 5.82 Å². The van der Waals surface area contributed by atoms with E-state index in [0.717, 1.165) is 5.92 Å². The first-order valence-electron chi connectivity index (χ1n) is 4.84. The highest BCUT2D eigenvalue weighted by Crippen LogP contribution is 2.17. The minimum absolute atomic E-state index is 0. The highest BCUT2D eigenvalue weighted by Gasteiger charge is 2.27. The lowest BCUT2D eigenvalue weighted by molar-refractivity contribution is -0.668. The summed E-state index contributed by atoms with van der Waals surface area (Å²) in [6, 6.07) is 8.52. The number of benzene rings is 1. The third kappa shape index (κ3) is 1.22. The van der Waals surface area contributed by atoms with E-state index in [1.807, 2.05) is 0 Å². The first kappa shape index (κ1) is 9.53. The van der Waals surface area contributed by atoms with Crippen molar-refractivity contribution >= 4 is 11.0 Å². The number of H-pyrrole nitrogens is 1. The highest BCUT2D eigenvalue weighted by atomic mass is 35.5. The summed E-state index contributed by atoms with van der Waals surface area (Å²) in [6.45, 7) is 3.47. The molecule has 2 aromatic rings. The van der Waals surface area contributed by atoms with Crippen molar-refractivity contribution in [2.24, 2.45) is 5.92 Å². The molecule has 2 nitrogen and oxygen atoms in total. The SMILES string of the molecule is C[C@H]1Cc2[nH]c3ccccc3[n+]2C1.[Cl-]. The molecule has 0 aliphatic carbocycles. The van der Waals surface area contributed by atoms with E-state index in [9.17, 15) is 0 Å². The summed E-state index contributed by atoms with van der Waals surface area (Å²) < 4.78 is 2.40. The number of nitrogens with zero attached hydrogens (tertiary/aromatic N) is 1. The van der Waals surface area contributed by atoms with Crippen LogP contribution in [0.3, 0.4) is 0 Å². The number of aromatic nitrogens is 2. The van der Waals surface area contributed by atoms with Gasteiger partial charge in [0.05, 0.1) is 13.0 Å². The van der Waals surface area contributed by atoms with Gasteiger partial charge >= 0.3 is 0 Å². The second-order valence-electron chi connectivity index (χ2n) is 4.01. The molecule has 74 valence electrons. The summed E-state index contributed by atoms with van der Waals surface area (Å²) in [5.41, 5.74) is 2.62. The molecule has 0 fully saturated rings. The van der Waals surface area contributed by atoms with Crippen molar-refractivity contribution in [3.63, 3.8) is 0 Å². The zero-order valence-corrected chi connectivity index (χ0v) is 8.88. The van der Waals surface area contributed by atoms with Crippen molar-refractivity contribution in [1.29, 1.82) is 0 Å². The number of hydrogen-bond acceptors (Lipinski definition) is 0. The maximum absolute atomic E-state index is 3.47. The quantitative estimate of drug-likeness (QED) is 0.517. The number of rotatable bonds is 0. The number of aromatic amines is 1. The molecule has 0 amide bonds. The Balaban J connectivity index is 0.000000750. The van der Waals surface area contributed by atoms with Crippen LogP contribution < -0.4 is 17.0 Å². The third-order valence-corrected chi connectivity index (χ3v) is 2.84. The second-order valence-corrected chi connectivity index (χ2v) is 4.01. The number of imidazole rings is 1. The molecule has 0 saturated carbocycles. The van der Waals surface area contributed by atoms with Crippen LogP contribution >= 0.6 is 0 Å². The third-order valence-electron chi connectivity index (χ3n) is 2.84. The van der Waals surface area contributed by atoms with Crippen molar-refractivity contribution in [3.05, 3.63) is 30.1 Å². The summed E-state index contributed by atoms with van der Waals surface area (Å²) in [5.74, 6) is 2.17. The van der Waals surface area contributed by atoms with Crippen molar-refractivity contribution < 1.29 is 17.0 Å². The van der Waals surface area contributed by atoms with Crippen molar-refractivity contribution in [2.75, 3.05) is 0 Å². The van der Waals surface area contributed by atoms with Crippen molar-refractivity contribution in [1.82, 2.24) is 4.98 Å². The van der Waals surface area contributed by atoms with Gasteiger partial charge in [0, 0.05) is 5.92 Å². The van der Waals surface area contributed by atoms with Crippen LogP contribution in [0, 0.1) is 5.92 Å². The number of hydrogen-bond donors (Lipinski definition) is 1. The van der Waals surface area contributed by atoms with Crippen LogP contribution in [0.25, 0.3) is 11.0 Å². The Hall–Kier alpha value is -1.02. The Morgan fingerprint density at radius 2 is 2.14 bits per heavy atom. The molecule has 3 rings (SSSR count). The fourth-order valence-corrected chi connectivity index (χ4v) is 2.26. The van der Waals surface area contributed by atoms with Gasteiger partial charge in [-0.2, -0.15) is 0 Å². The van der Waals surface area contributed by atoms with E-state index in [1.54, 1.807) is 0 Å². The van der Waals surface area contributed by atoms with E-state index in [1.165, 1.54) is 29.8 Å². The minimum Gasteiger partial charge on any atom is -1.00 e. The molecule has 0 radical (unpaired) electrons. The van der Waals surface area contributed by atoms with Crippen molar-refractivity contribution in [3.8, 4) is 0 Å². The predicted molar refractivity (Wildman–Crippen MR) is 51.4 cm³/mol. The monoisotopic (exact) mass is 208 g/mol. The fraction of sp³-hybridized carbons (Fsp3) is 0.364. The Bertz CT molecular complexity index is 461. The summed E-state index contributed by atoms with van der Waals surface area (Å²) in [4.78, 5) is 3.47. The van der Waals surface area contributed by atoms with Gasteiger partial charge in [0.2, 0.25) is 0 Å². The van der Waals surface area contributed by atoms with Gasteiger partial charge in [-0.15, -0.1) is 0 Å². The largest absolute Gasteiger partial charge is 1.00 e. The molecule has 1 atom stereocenters. The van der Waals surface area contributed by atoms with Crippen LogP contribution in [0.2, 0.25) is 0 Å². The summed E-state index contributed by atoms with van der Waals surface area (Å²) >= 11 is 0. The maximum atomic E-state index is 3.47. The Kier molecular flexibility index (Phi) is 2.23. The maximum Gasteiger partial charge on any atom is 0.255 e. The number of nitrogens with one attached hydrogen (secondary N) is 1. The molecular formula is C11H13ClN2. The van der Waals surface area contributed by atoms with Gasteiger partial charge < -0.3 is 12.4 Å². The smallest absolute Gasteiger partial charge is 0.255 e. The summed E-state index contributed by atoms with van der Waals surface area (Å²) in [5, 5.41) is 0. The average Bonchev–Trinajstić information content (AvgIpc) is 2.60. The van der Waals surface area contributed by atoms with Gasteiger partial charge in [-0.25, -0.2) is 9.55 Å². The molecule has 3 heteroatoms. The number of halogens is 1. The van der Waals surface area contributed by atoms with E-state index < -0.39 is 0 Å². The van der Waals surface area contributed by atoms with Crippen LogP contribution in [-0.4, -0.2) is 4.98 Å². The lowest BCUT2D eigenvalue weighted by Crippen LogP contribution is -3.00. The van der Waals surface area contributed by atoms with Crippen LogP contribution in [0.4, 0.5) is 0 Å². The lowest BCUT2D eigenvalue weighted by atomic mass is 10.1. The Morgan fingerprint density at radius 1 is 1.36 bits per heavy atom. The van der Waals surface area contributed by atoms with E-state index in [4.69, 9.17) is 0 Å². The topological polar surface area (TPSA) is 19.7 Å². The minimum atomic E-state index is 0. The van der Waals surface area contributed by atoms with Crippen LogP contribution in [0.5, 0.6) is 0 Å². The first-order valence-corrected chi connectivity index (χ1v) is 4.84. The van der Waals surface area contributed by atoms with E-state index in [2.05, 4.69) is 40.7 Å². The zero-order chi connectivity index (χ0) is 8.84. The standard InChI is InChI=1S/C11H12N2.ClH/c1-8-6-11-12-9-4-2-3-5-10(9)13(11)7-8;/h2-5,8H,6-7H2,1H3;1H/t8-;/m0./s1. The van der Waals surface area contributed by atoms with Gasteiger partial charge in [0.15, 0.2) is 11.0 Å². The van der Waals surface area contributed by atoms with E-state index in [-0.39, 0.29) is 12.4 Å². The highest BCUT2D eigenvalue weighted by molar-refractivity contribution is 5.71. The average molecular weight is 209 g/mol. The number of fused-ring (bicyclic) bond motifs is 3. The Morgan fingerprint density at radius 3 is 3.00 bits per heavy atom. The zero-order valence-electron chi connectivity index (χ0n) is 8.13.